The van der Waals surface area contributed by atoms with Gasteiger partial charge in [-0.05, 0) is 38.9 Å². The first kappa shape index (κ1) is 13.8. The Labute approximate surface area is 103 Å². The lowest BCUT2D eigenvalue weighted by Gasteiger charge is -2.14. The van der Waals surface area contributed by atoms with Gasteiger partial charge < -0.3 is 10.6 Å². The van der Waals surface area contributed by atoms with Crippen LogP contribution in [0, 0.1) is 0 Å². The van der Waals surface area contributed by atoms with Crippen LogP contribution >= 0.6 is 11.8 Å². The van der Waals surface area contributed by atoms with Gasteiger partial charge in [0, 0.05) is 17.3 Å². The Morgan fingerprint density at radius 2 is 2.19 bits per heavy atom. The molecule has 3 nitrogen and oxygen atoms in total. The van der Waals surface area contributed by atoms with E-state index in [1.165, 1.54) is 25.0 Å². The molecule has 1 fully saturated rings. The molecule has 2 N–H and O–H groups in total. The van der Waals surface area contributed by atoms with Crippen molar-refractivity contribution in [1.29, 1.82) is 0 Å². The predicted octanol–water partition coefficient (Wildman–Crippen LogP) is 1.77. The maximum absolute atomic E-state index is 11.4. The first-order chi connectivity index (χ1) is 7.61. The van der Waals surface area contributed by atoms with E-state index in [4.69, 9.17) is 0 Å². The van der Waals surface area contributed by atoms with Gasteiger partial charge in [0.25, 0.3) is 0 Å². The van der Waals surface area contributed by atoms with E-state index in [9.17, 15) is 4.79 Å². The number of rotatable bonds is 6. The van der Waals surface area contributed by atoms with Gasteiger partial charge in [-0.2, -0.15) is 11.8 Å². The number of thioether (sulfide) groups is 1. The van der Waals surface area contributed by atoms with Crippen molar-refractivity contribution in [2.24, 2.45) is 0 Å². The third-order valence-corrected chi connectivity index (χ3v) is 4.02. The Kier molecular flexibility index (Phi) is 6.21. The van der Waals surface area contributed by atoms with E-state index in [1.807, 2.05) is 25.6 Å². The van der Waals surface area contributed by atoms with Crippen LogP contribution in [0.2, 0.25) is 0 Å². The highest BCUT2D eigenvalue weighted by Gasteiger charge is 2.24. The van der Waals surface area contributed by atoms with Crippen molar-refractivity contribution < 1.29 is 4.79 Å². The monoisotopic (exact) mass is 244 g/mol. The van der Waals surface area contributed by atoms with E-state index in [-0.39, 0.29) is 11.9 Å². The molecule has 1 aliphatic carbocycles. The Bertz CT molecular complexity index is 221. The van der Waals surface area contributed by atoms with Crippen molar-refractivity contribution >= 4 is 17.7 Å². The predicted molar refractivity (Wildman–Crippen MR) is 70.8 cm³/mol. The molecule has 0 aromatic rings. The SMILES string of the molecule is CCSC1CCC(NCC(=O)NC(C)C)C1. The largest absolute Gasteiger partial charge is 0.353 e. The molecule has 1 aliphatic rings. The second-order valence-electron chi connectivity index (χ2n) is 4.69. The molecule has 0 radical (unpaired) electrons. The van der Waals surface area contributed by atoms with Crippen LogP contribution in [0.5, 0.6) is 0 Å². The van der Waals surface area contributed by atoms with Gasteiger partial charge in [0.15, 0.2) is 0 Å². The number of hydrogen-bond acceptors (Lipinski definition) is 3. The van der Waals surface area contributed by atoms with Crippen LogP contribution in [0.1, 0.15) is 40.0 Å². The van der Waals surface area contributed by atoms with Crippen molar-refractivity contribution in [2.45, 2.75) is 57.4 Å². The highest BCUT2D eigenvalue weighted by atomic mass is 32.2. The van der Waals surface area contributed by atoms with Gasteiger partial charge in [-0.15, -0.1) is 0 Å². The fraction of sp³-hybridized carbons (Fsp3) is 0.917. The molecular weight excluding hydrogens is 220 g/mol. The van der Waals surface area contributed by atoms with Crippen molar-refractivity contribution in [3.63, 3.8) is 0 Å². The molecule has 2 unspecified atom stereocenters. The van der Waals surface area contributed by atoms with Gasteiger partial charge in [0.05, 0.1) is 6.54 Å². The Hall–Kier alpha value is -0.220. The highest BCUT2D eigenvalue weighted by molar-refractivity contribution is 7.99. The molecule has 0 aliphatic heterocycles. The van der Waals surface area contributed by atoms with E-state index >= 15 is 0 Å². The van der Waals surface area contributed by atoms with Gasteiger partial charge in [0.2, 0.25) is 5.91 Å². The first-order valence-electron chi connectivity index (χ1n) is 6.26. The molecule has 94 valence electrons. The molecule has 1 saturated carbocycles. The molecule has 0 heterocycles. The Balaban J connectivity index is 2.12. The number of hydrogen-bond donors (Lipinski definition) is 2. The summed E-state index contributed by atoms with van der Waals surface area (Å²) in [4.78, 5) is 11.4. The fourth-order valence-electron chi connectivity index (χ4n) is 2.12. The maximum Gasteiger partial charge on any atom is 0.234 e. The zero-order chi connectivity index (χ0) is 12.0. The van der Waals surface area contributed by atoms with E-state index in [0.29, 0.717) is 12.6 Å². The smallest absolute Gasteiger partial charge is 0.234 e. The maximum atomic E-state index is 11.4. The van der Waals surface area contributed by atoms with Crippen molar-refractivity contribution in [3.05, 3.63) is 0 Å². The molecule has 4 heteroatoms. The van der Waals surface area contributed by atoms with Crippen LogP contribution in [0.3, 0.4) is 0 Å². The summed E-state index contributed by atoms with van der Waals surface area (Å²) in [7, 11) is 0. The minimum atomic E-state index is 0.113. The van der Waals surface area contributed by atoms with Gasteiger partial charge >= 0.3 is 0 Å². The summed E-state index contributed by atoms with van der Waals surface area (Å²) >= 11 is 2.05. The van der Waals surface area contributed by atoms with Crippen molar-refractivity contribution in [2.75, 3.05) is 12.3 Å². The summed E-state index contributed by atoms with van der Waals surface area (Å²) in [6, 6.07) is 0.781. The van der Waals surface area contributed by atoms with Crippen molar-refractivity contribution in [3.8, 4) is 0 Å². The van der Waals surface area contributed by atoms with Gasteiger partial charge in [-0.25, -0.2) is 0 Å². The molecule has 0 bridgehead atoms. The summed E-state index contributed by atoms with van der Waals surface area (Å²) < 4.78 is 0. The third kappa shape index (κ3) is 5.21. The number of amides is 1. The van der Waals surface area contributed by atoms with Gasteiger partial charge in [-0.1, -0.05) is 6.92 Å². The van der Waals surface area contributed by atoms with Crippen LogP contribution < -0.4 is 10.6 Å². The summed E-state index contributed by atoms with van der Waals surface area (Å²) in [5, 5.41) is 7.05. The Morgan fingerprint density at radius 3 is 2.81 bits per heavy atom. The normalized spacial score (nSPS) is 25.0. The van der Waals surface area contributed by atoms with E-state index in [2.05, 4.69) is 17.6 Å². The molecule has 0 aromatic carbocycles. The number of carbonyl (C=O) groups is 1. The molecule has 0 saturated heterocycles. The standard InChI is InChI=1S/C12H24N2OS/c1-4-16-11-6-5-10(7-11)13-8-12(15)14-9(2)3/h9-11,13H,4-8H2,1-3H3,(H,14,15). The lowest BCUT2D eigenvalue weighted by atomic mass is 10.2. The third-order valence-electron chi connectivity index (χ3n) is 2.79. The molecular formula is C12H24N2OS. The van der Waals surface area contributed by atoms with Crippen molar-refractivity contribution in [1.82, 2.24) is 10.6 Å². The molecule has 2 atom stereocenters. The van der Waals surface area contributed by atoms with E-state index < -0.39 is 0 Å². The molecule has 16 heavy (non-hydrogen) atoms. The quantitative estimate of drug-likeness (QED) is 0.748. The summed E-state index contributed by atoms with van der Waals surface area (Å²) in [5.74, 6) is 1.31. The molecule has 1 rings (SSSR count). The summed E-state index contributed by atoms with van der Waals surface area (Å²) in [5.41, 5.74) is 0. The minimum absolute atomic E-state index is 0.113. The van der Waals surface area contributed by atoms with Crippen LogP contribution in [-0.4, -0.2) is 35.5 Å². The van der Waals surface area contributed by atoms with Crippen LogP contribution in [0.15, 0.2) is 0 Å². The Morgan fingerprint density at radius 1 is 1.44 bits per heavy atom. The number of nitrogens with one attached hydrogen (secondary N) is 2. The topological polar surface area (TPSA) is 41.1 Å². The highest BCUT2D eigenvalue weighted by Crippen LogP contribution is 2.29. The fourth-order valence-corrected chi connectivity index (χ4v) is 3.27. The molecule has 1 amide bonds. The molecule has 0 aromatic heterocycles. The van der Waals surface area contributed by atoms with E-state index in [0.717, 1.165) is 5.25 Å². The minimum Gasteiger partial charge on any atom is -0.353 e. The van der Waals surface area contributed by atoms with Crippen LogP contribution in [-0.2, 0) is 4.79 Å². The lowest BCUT2D eigenvalue weighted by molar-refractivity contribution is -0.120. The average molecular weight is 244 g/mol. The van der Waals surface area contributed by atoms with Gasteiger partial charge in [0.1, 0.15) is 0 Å². The summed E-state index contributed by atoms with van der Waals surface area (Å²) in [6.45, 7) is 6.65. The zero-order valence-corrected chi connectivity index (χ0v) is 11.4. The second-order valence-corrected chi connectivity index (χ2v) is 6.27. The van der Waals surface area contributed by atoms with Gasteiger partial charge in [-0.3, -0.25) is 4.79 Å². The van der Waals surface area contributed by atoms with Crippen LogP contribution in [0.4, 0.5) is 0 Å². The first-order valence-corrected chi connectivity index (χ1v) is 7.31. The number of carbonyl (C=O) groups excluding carboxylic acids is 1. The molecule has 0 spiro atoms. The lowest BCUT2D eigenvalue weighted by Crippen LogP contribution is -2.40. The second kappa shape index (κ2) is 7.17. The van der Waals surface area contributed by atoms with Crippen LogP contribution in [0.25, 0.3) is 0 Å². The van der Waals surface area contributed by atoms with E-state index in [1.54, 1.807) is 0 Å². The average Bonchev–Trinajstić information content (AvgIpc) is 2.62. The summed E-state index contributed by atoms with van der Waals surface area (Å²) in [6.07, 6.45) is 3.72. The zero-order valence-electron chi connectivity index (χ0n) is 10.6.